The highest BCUT2D eigenvalue weighted by Gasteiger charge is 2.22. The first-order chi connectivity index (χ1) is 10.1. The third-order valence-corrected chi connectivity index (χ3v) is 4.14. The maximum Gasteiger partial charge on any atom is 0.356 e. The first-order valence-corrected chi connectivity index (χ1v) is 7.63. The van der Waals surface area contributed by atoms with E-state index in [2.05, 4.69) is 9.88 Å². The normalized spacial score (nSPS) is 18.8. The van der Waals surface area contributed by atoms with Gasteiger partial charge in [0.2, 0.25) is 0 Å². The zero-order chi connectivity index (χ0) is 15.2. The summed E-state index contributed by atoms with van der Waals surface area (Å²) < 4.78 is 5.09. The molecular weight excluding hydrogens is 292 g/mol. The summed E-state index contributed by atoms with van der Waals surface area (Å²) in [5, 5.41) is 9.28. The van der Waals surface area contributed by atoms with Gasteiger partial charge in [0.1, 0.15) is 5.82 Å². The molecule has 1 fully saturated rings. The van der Waals surface area contributed by atoms with Crippen LogP contribution < -0.4 is 4.90 Å². The number of carboxylic acids is 1. The summed E-state index contributed by atoms with van der Waals surface area (Å²) in [6, 6.07) is 3.41. The number of halogens is 1. The number of carboxylic acid groups (broad SMARTS) is 1. The first-order valence-electron chi connectivity index (χ1n) is 7.25. The Hall–Kier alpha value is -1.33. The molecule has 2 heterocycles. The standard InChI is InChI=1S/C15H21ClN2O3/c1-21-9-3-5-11-4-2-8-18(10-11)13-7-6-12(16)14(17-13)15(19)20/h6-7,11H,2-5,8-10H2,1H3,(H,19,20)/t11-/m1/s1. The van der Waals surface area contributed by atoms with E-state index in [4.69, 9.17) is 21.4 Å². The van der Waals surface area contributed by atoms with Crippen molar-refractivity contribution in [3.8, 4) is 0 Å². The molecule has 0 amide bonds. The van der Waals surface area contributed by atoms with Gasteiger partial charge in [-0.05, 0) is 43.7 Å². The number of methoxy groups -OCH3 is 1. The van der Waals surface area contributed by atoms with Gasteiger partial charge in [-0.25, -0.2) is 9.78 Å². The van der Waals surface area contributed by atoms with Crippen LogP contribution in [0.3, 0.4) is 0 Å². The molecule has 1 aromatic rings. The van der Waals surface area contributed by atoms with E-state index >= 15 is 0 Å². The van der Waals surface area contributed by atoms with E-state index in [9.17, 15) is 4.79 Å². The van der Waals surface area contributed by atoms with Crippen molar-refractivity contribution >= 4 is 23.4 Å². The van der Waals surface area contributed by atoms with Crippen molar-refractivity contribution in [1.29, 1.82) is 0 Å². The predicted octanol–water partition coefficient (Wildman–Crippen LogP) is 3.08. The average Bonchev–Trinajstić information content (AvgIpc) is 2.48. The average molecular weight is 313 g/mol. The maximum atomic E-state index is 11.1. The van der Waals surface area contributed by atoms with Crippen molar-refractivity contribution < 1.29 is 14.6 Å². The second kappa shape index (κ2) is 7.61. The van der Waals surface area contributed by atoms with Crippen LogP contribution in [0.5, 0.6) is 0 Å². The summed E-state index contributed by atoms with van der Waals surface area (Å²) in [6.07, 6.45) is 4.50. The topological polar surface area (TPSA) is 62.7 Å². The summed E-state index contributed by atoms with van der Waals surface area (Å²) in [4.78, 5) is 17.5. The van der Waals surface area contributed by atoms with Crippen LogP contribution in [0.1, 0.15) is 36.2 Å². The zero-order valence-corrected chi connectivity index (χ0v) is 13.0. The Balaban J connectivity index is 2.03. The summed E-state index contributed by atoms with van der Waals surface area (Å²) >= 11 is 5.87. The molecule has 2 rings (SSSR count). The third kappa shape index (κ3) is 4.32. The fraction of sp³-hybridized carbons (Fsp3) is 0.600. The smallest absolute Gasteiger partial charge is 0.356 e. The molecule has 116 valence electrons. The molecule has 1 aliphatic rings. The van der Waals surface area contributed by atoms with Crippen LogP contribution in [0.4, 0.5) is 5.82 Å². The van der Waals surface area contributed by atoms with Gasteiger partial charge in [-0.3, -0.25) is 0 Å². The number of rotatable bonds is 6. The molecule has 1 N–H and O–H groups in total. The van der Waals surface area contributed by atoms with E-state index in [1.54, 1.807) is 19.2 Å². The Morgan fingerprint density at radius 1 is 1.57 bits per heavy atom. The van der Waals surface area contributed by atoms with Gasteiger partial charge in [0.05, 0.1) is 5.02 Å². The molecule has 21 heavy (non-hydrogen) atoms. The summed E-state index contributed by atoms with van der Waals surface area (Å²) in [5.41, 5.74) is -0.0735. The molecule has 6 heteroatoms. The van der Waals surface area contributed by atoms with Gasteiger partial charge >= 0.3 is 5.97 Å². The molecule has 0 aromatic carbocycles. The molecule has 0 bridgehead atoms. The number of pyridine rings is 1. The molecular formula is C15H21ClN2O3. The molecule has 5 nitrogen and oxygen atoms in total. The Morgan fingerprint density at radius 3 is 3.10 bits per heavy atom. The minimum Gasteiger partial charge on any atom is -0.476 e. The van der Waals surface area contributed by atoms with E-state index in [0.29, 0.717) is 11.7 Å². The number of piperidine rings is 1. The summed E-state index contributed by atoms with van der Waals surface area (Å²) in [6.45, 7) is 2.62. The number of aromatic nitrogens is 1. The SMILES string of the molecule is COCCC[C@H]1CCCN(c2ccc(Cl)c(C(=O)O)n2)C1. The highest BCUT2D eigenvalue weighted by molar-refractivity contribution is 6.33. The lowest BCUT2D eigenvalue weighted by Crippen LogP contribution is -2.36. The van der Waals surface area contributed by atoms with Gasteiger partial charge in [-0.15, -0.1) is 0 Å². The van der Waals surface area contributed by atoms with Crippen molar-refractivity contribution in [3.63, 3.8) is 0 Å². The summed E-state index contributed by atoms with van der Waals surface area (Å²) in [7, 11) is 1.72. The van der Waals surface area contributed by atoms with Crippen LogP contribution >= 0.6 is 11.6 Å². The number of nitrogens with zero attached hydrogens (tertiary/aromatic N) is 2. The van der Waals surface area contributed by atoms with Crippen molar-refractivity contribution in [3.05, 3.63) is 22.8 Å². The Bertz CT molecular complexity index is 496. The number of anilines is 1. The summed E-state index contributed by atoms with van der Waals surface area (Å²) in [5.74, 6) is 0.225. The quantitative estimate of drug-likeness (QED) is 0.818. The molecule has 0 aliphatic carbocycles. The fourth-order valence-corrected chi connectivity index (χ4v) is 2.97. The van der Waals surface area contributed by atoms with Crippen molar-refractivity contribution in [1.82, 2.24) is 4.98 Å². The van der Waals surface area contributed by atoms with Gasteiger partial charge in [-0.1, -0.05) is 11.6 Å². The molecule has 0 spiro atoms. The molecule has 0 radical (unpaired) electrons. The van der Waals surface area contributed by atoms with Crippen molar-refractivity contribution in [2.75, 3.05) is 31.7 Å². The van der Waals surface area contributed by atoms with Gasteiger partial charge in [0.15, 0.2) is 5.69 Å². The Kier molecular flexibility index (Phi) is 5.82. The highest BCUT2D eigenvalue weighted by Crippen LogP contribution is 2.26. The van der Waals surface area contributed by atoms with Crippen LogP contribution in [-0.4, -0.2) is 42.9 Å². The van der Waals surface area contributed by atoms with E-state index in [1.807, 2.05) is 0 Å². The first kappa shape index (κ1) is 16.0. The van der Waals surface area contributed by atoms with E-state index in [0.717, 1.165) is 39.0 Å². The third-order valence-electron chi connectivity index (χ3n) is 3.84. The number of carbonyl (C=O) groups is 1. The Labute approximate surface area is 129 Å². The van der Waals surface area contributed by atoms with Crippen LogP contribution in [-0.2, 0) is 4.74 Å². The lowest BCUT2D eigenvalue weighted by Gasteiger charge is -2.33. The number of aromatic carboxylic acids is 1. The highest BCUT2D eigenvalue weighted by atomic mass is 35.5. The second-order valence-electron chi connectivity index (χ2n) is 5.39. The zero-order valence-electron chi connectivity index (χ0n) is 12.2. The molecule has 1 aromatic heterocycles. The lowest BCUT2D eigenvalue weighted by atomic mass is 9.93. The largest absolute Gasteiger partial charge is 0.476 e. The molecule has 0 saturated carbocycles. The van der Waals surface area contributed by atoms with Crippen molar-refractivity contribution in [2.24, 2.45) is 5.92 Å². The van der Waals surface area contributed by atoms with Gasteiger partial charge in [0.25, 0.3) is 0 Å². The van der Waals surface area contributed by atoms with E-state index in [1.165, 1.54) is 6.42 Å². The minimum absolute atomic E-state index is 0.0735. The minimum atomic E-state index is -1.09. The van der Waals surface area contributed by atoms with Gasteiger partial charge in [0, 0.05) is 26.8 Å². The van der Waals surface area contributed by atoms with E-state index in [-0.39, 0.29) is 10.7 Å². The van der Waals surface area contributed by atoms with Crippen LogP contribution in [0.2, 0.25) is 5.02 Å². The van der Waals surface area contributed by atoms with Gasteiger partial charge in [-0.2, -0.15) is 0 Å². The molecule has 1 saturated heterocycles. The molecule has 1 aliphatic heterocycles. The van der Waals surface area contributed by atoms with Gasteiger partial charge < -0.3 is 14.7 Å². The second-order valence-corrected chi connectivity index (χ2v) is 5.80. The number of hydrogen-bond acceptors (Lipinski definition) is 4. The molecule has 1 atom stereocenters. The van der Waals surface area contributed by atoms with Crippen LogP contribution in [0, 0.1) is 5.92 Å². The van der Waals surface area contributed by atoms with Crippen LogP contribution in [0.15, 0.2) is 12.1 Å². The monoisotopic (exact) mass is 312 g/mol. The van der Waals surface area contributed by atoms with Crippen LogP contribution in [0.25, 0.3) is 0 Å². The number of ether oxygens (including phenoxy) is 1. The Morgan fingerprint density at radius 2 is 2.38 bits per heavy atom. The fourth-order valence-electron chi connectivity index (χ4n) is 2.78. The maximum absolute atomic E-state index is 11.1. The van der Waals surface area contributed by atoms with E-state index < -0.39 is 5.97 Å². The number of hydrogen-bond donors (Lipinski definition) is 1. The predicted molar refractivity (Wildman–Crippen MR) is 82.3 cm³/mol. The van der Waals surface area contributed by atoms with Crippen molar-refractivity contribution in [2.45, 2.75) is 25.7 Å². The molecule has 0 unspecified atom stereocenters. The lowest BCUT2D eigenvalue weighted by molar-refractivity contribution is 0.0691.